The lowest BCUT2D eigenvalue weighted by atomic mass is 9.90. The van der Waals surface area contributed by atoms with Gasteiger partial charge in [0.15, 0.2) is 0 Å². The van der Waals surface area contributed by atoms with Crippen molar-refractivity contribution in [3.8, 4) is 11.5 Å². The van der Waals surface area contributed by atoms with Crippen LogP contribution in [0.1, 0.15) is 41.5 Å². The molecular formula is C34H37ClFNO4. The predicted octanol–water partition coefficient (Wildman–Crippen LogP) is 7.53. The molecule has 216 valence electrons. The Morgan fingerprint density at radius 2 is 1.51 bits per heavy atom. The second-order valence-corrected chi connectivity index (χ2v) is 9.91. The smallest absolute Gasteiger partial charge is 0.307 e. The molecule has 41 heavy (non-hydrogen) atoms. The van der Waals surface area contributed by atoms with E-state index in [2.05, 4.69) is 53.4 Å². The Morgan fingerprint density at radius 1 is 0.878 bits per heavy atom. The van der Waals surface area contributed by atoms with E-state index in [1.54, 1.807) is 18.2 Å². The molecule has 0 aromatic heterocycles. The van der Waals surface area contributed by atoms with Gasteiger partial charge in [0.1, 0.15) is 11.5 Å². The highest BCUT2D eigenvalue weighted by Crippen LogP contribution is 2.28. The average Bonchev–Trinajstić information content (AvgIpc) is 2.96. The molecule has 0 aliphatic rings. The molecule has 1 atom stereocenters. The van der Waals surface area contributed by atoms with E-state index in [1.165, 1.54) is 11.1 Å². The number of benzene rings is 4. The van der Waals surface area contributed by atoms with Crippen molar-refractivity contribution in [2.24, 2.45) is 0 Å². The van der Waals surface area contributed by atoms with Crippen LogP contribution in [-0.4, -0.2) is 42.0 Å². The van der Waals surface area contributed by atoms with Gasteiger partial charge in [-0.1, -0.05) is 91.0 Å². The van der Waals surface area contributed by atoms with Gasteiger partial charge in [-0.25, -0.2) is 4.39 Å². The first-order valence-corrected chi connectivity index (χ1v) is 13.6. The third-order valence-electron chi connectivity index (χ3n) is 6.86. The maximum atomic E-state index is 13.1. The van der Waals surface area contributed by atoms with Crippen molar-refractivity contribution in [2.75, 3.05) is 20.0 Å². The second kappa shape index (κ2) is 16.4. The standard InChI is InChI=1S/C34H36FNO4.ClH/c1-26(40-31-17-10-11-27(21-31)22-34(37)38)19-20-36(23-30-16-8-9-18-33(30)39-25-35)24-32(28-12-4-2-5-13-28)29-14-6-3-7-15-29;/h2-18,21,26,32H,19-20,22-25H2,1H3,(H,37,38);1H/t26-;/m1./s1. The van der Waals surface area contributed by atoms with Crippen LogP contribution >= 0.6 is 12.4 Å². The first kappa shape index (κ1) is 31.7. The molecule has 0 aliphatic heterocycles. The van der Waals surface area contributed by atoms with E-state index in [0.717, 1.165) is 25.1 Å². The van der Waals surface area contributed by atoms with Gasteiger partial charge in [-0.05, 0) is 48.2 Å². The first-order valence-electron chi connectivity index (χ1n) is 13.6. The summed E-state index contributed by atoms with van der Waals surface area (Å²) in [5.41, 5.74) is 4.09. The molecule has 0 spiro atoms. The fraction of sp³-hybridized carbons (Fsp3) is 0.265. The van der Waals surface area contributed by atoms with Crippen LogP contribution in [0.25, 0.3) is 0 Å². The molecule has 0 saturated carbocycles. The van der Waals surface area contributed by atoms with E-state index < -0.39 is 12.8 Å². The minimum Gasteiger partial charge on any atom is -0.491 e. The Morgan fingerprint density at radius 3 is 2.15 bits per heavy atom. The van der Waals surface area contributed by atoms with Crippen molar-refractivity contribution in [3.05, 3.63) is 131 Å². The van der Waals surface area contributed by atoms with Crippen LogP contribution < -0.4 is 9.47 Å². The third kappa shape index (κ3) is 9.92. The number of nitrogens with zero attached hydrogens (tertiary/aromatic N) is 1. The lowest BCUT2D eigenvalue weighted by molar-refractivity contribution is -0.136. The number of hydrogen-bond donors (Lipinski definition) is 1. The topological polar surface area (TPSA) is 59.0 Å². The molecule has 4 aromatic carbocycles. The molecule has 4 aromatic rings. The molecule has 5 nitrogen and oxygen atoms in total. The van der Waals surface area contributed by atoms with Crippen molar-refractivity contribution in [1.29, 1.82) is 0 Å². The number of carboxylic acids is 1. The summed E-state index contributed by atoms with van der Waals surface area (Å²) in [7, 11) is 0. The predicted molar refractivity (Wildman–Crippen MR) is 163 cm³/mol. The van der Waals surface area contributed by atoms with Gasteiger partial charge in [0.2, 0.25) is 6.86 Å². The SMILES string of the molecule is C[C@H](CCN(Cc1ccccc1OCF)CC(c1ccccc1)c1ccccc1)Oc1cccc(CC(=O)O)c1.Cl. The quantitative estimate of drug-likeness (QED) is 0.158. The zero-order valence-corrected chi connectivity index (χ0v) is 24.0. The number of alkyl halides is 1. The summed E-state index contributed by atoms with van der Waals surface area (Å²) in [6.07, 6.45) is 0.595. The summed E-state index contributed by atoms with van der Waals surface area (Å²) >= 11 is 0. The molecule has 0 heterocycles. The van der Waals surface area contributed by atoms with Crippen molar-refractivity contribution < 1.29 is 23.8 Å². The van der Waals surface area contributed by atoms with E-state index in [9.17, 15) is 9.18 Å². The number of rotatable bonds is 15. The Balaban J connectivity index is 0.00000462. The van der Waals surface area contributed by atoms with E-state index in [4.69, 9.17) is 14.6 Å². The minimum atomic E-state index is -0.876. The van der Waals surface area contributed by atoms with Crippen LogP contribution in [0.5, 0.6) is 11.5 Å². The van der Waals surface area contributed by atoms with Crippen molar-refractivity contribution >= 4 is 18.4 Å². The highest BCUT2D eigenvalue weighted by molar-refractivity contribution is 5.85. The zero-order valence-electron chi connectivity index (χ0n) is 23.2. The van der Waals surface area contributed by atoms with Gasteiger partial charge in [-0.3, -0.25) is 9.69 Å². The summed E-state index contributed by atoms with van der Waals surface area (Å²) in [5, 5.41) is 9.12. The molecule has 0 radical (unpaired) electrons. The minimum absolute atomic E-state index is 0. The third-order valence-corrected chi connectivity index (χ3v) is 6.86. The summed E-state index contributed by atoms with van der Waals surface area (Å²) in [6, 6.07) is 35.8. The van der Waals surface area contributed by atoms with Crippen molar-refractivity contribution in [2.45, 2.75) is 38.3 Å². The first-order chi connectivity index (χ1) is 19.5. The highest BCUT2D eigenvalue weighted by atomic mass is 35.5. The van der Waals surface area contributed by atoms with Crippen molar-refractivity contribution in [3.63, 3.8) is 0 Å². The van der Waals surface area contributed by atoms with Gasteiger partial charge >= 0.3 is 5.97 Å². The number of aliphatic carboxylic acids is 1. The largest absolute Gasteiger partial charge is 0.491 e. The van der Waals surface area contributed by atoms with Crippen LogP contribution in [0.3, 0.4) is 0 Å². The second-order valence-electron chi connectivity index (χ2n) is 9.91. The molecule has 0 amide bonds. The molecule has 0 fully saturated rings. The van der Waals surface area contributed by atoms with Gasteiger partial charge in [-0.15, -0.1) is 12.4 Å². The summed E-state index contributed by atoms with van der Waals surface area (Å²) in [5.74, 6) is 0.473. The maximum absolute atomic E-state index is 13.1. The highest BCUT2D eigenvalue weighted by Gasteiger charge is 2.20. The average molecular weight is 578 g/mol. The Labute approximate surface area is 248 Å². The normalized spacial score (nSPS) is 11.6. The van der Waals surface area contributed by atoms with Gasteiger partial charge in [0, 0.05) is 31.1 Å². The van der Waals surface area contributed by atoms with E-state index in [0.29, 0.717) is 23.6 Å². The molecule has 0 unspecified atom stereocenters. The zero-order chi connectivity index (χ0) is 28.2. The lowest BCUT2D eigenvalue weighted by Gasteiger charge is -2.30. The number of hydrogen-bond acceptors (Lipinski definition) is 4. The van der Waals surface area contributed by atoms with Crippen LogP contribution in [-0.2, 0) is 17.8 Å². The Hall–Kier alpha value is -3.87. The van der Waals surface area contributed by atoms with Gasteiger partial charge in [-0.2, -0.15) is 0 Å². The fourth-order valence-electron chi connectivity index (χ4n) is 4.90. The van der Waals surface area contributed by atoms with Gasteiger partial charge in [0.25, 0.3) is 0 Å². The van der Waals surface area contributed by atoms with Crippen LogP contribution in [0, 0.1) is 0 Å². The lowest BCUT2D eigenvalue weighted by Crippen LogP contribution is -2.32. The Bertz CT molecular complexity index is 1300. The number of carboxylic acid groups (broad SMARTS) is 1. The molecule has 0 saturated heterocycles. The number of halogens is 2. The molecule has 1 N–H and O–H groups in total. The van der Waals surface area contributed by atoms with Crippen LogP contribution in [0.2, 0.25) is 0 Å². The number of carbonyl (C=O) groups is 1. The van der Waals surface area contributed by atoms with E-state index in [-0.39, 0.29) is 30.8 Å². The van der Waals surface area contributed by atoms with Crippen molar-refractivity contribution in [1.82, 2.24) is 4.90 Å². The van der Waals surface area contributed by atoms with Gasteiger partial charge in [0.05, 0.1) is 12.5 Å². The van der Waals surface area contributed by atoms with E-state index in [1.807, 2.05) is 49.4 Å². The number of para-hydroxylation sites is 1. The maximum Gasteiger partial charge on any atom is 0.307 e. The fourth-order valence-corrected chi connectivity index (χ4v) is 4.90. The summed E-state index contributed by atoms with van der Waals surface area (Å²) < 4.78 is 24.6. The molecule has 7 heteroatoms. The molecular weight excluding hydrogens is 541 g/mol. The van der Waals surface area contributed by atoms with Crippen LogP contribution in [0.4, 0.5) is 4.39 Å². The van der Waals surface area contributed by atoms with Gasteiger partial charge < -0.3 is 14.6 Å². The monoisotopic (exact) mass is 577 g/mol. The molecule has 0 aliphatic carbocycles. The molecule has 0 bridgehead atoms. The molecule has 4 rings (SSSR count). The van der Waals surface area contributed by atoms with E-state index >= 15 is 0 Å². The number of ether oxygens (including phenoxy) is 2. The Kier molecular flexibility index (Phi) is 12.7. The van der Waals surface area contributed by atoms with Crippen LogP contribution in [0.15, 0.2) is 109 Å². The summed E-state index contributed by atoms with van der Waals surface area (Å²) in [6.45, 7) is 3.22. The summed E-state index contributed by atoms with van der Waals surface area (Å²) in [4.78, 5) is 13.5.